The monoisotopic (exact) mass is 411 g/mol. The van der Waals surface area contributed by atoms with Gasteiger partial charge in [0.2, 0.25) is 0 Å². The second kappa shape index (κ2) is 9.52. The van der Waals surface area contributed by atoms with Crippen molar-refractivity contribution in [2.45, 2.75) is 6.42 Å². The maximum atomic E-state index is 13.0. The number of nitrogens with zero attached hydrogens (tertiary/aromatic N) is 1. The minimum atomic E-state index is -0.495. The van der Waals surface area contributed by atoms with Gasteiger partial charge in [-0.25, -0.2) is 0 Å². The summed E-state index contributed by atoms with van der Waals surface area (Å²) < 4.78 is 0.720. The molecule has 0 N–H and O–H groups in total. The summed E-state index contributed by atoms with van der Waals surface area (Å²) in [6.07, 6.45) is 3.67. The maximum Gasteiger partial charge on any atom is 0.276 e. The van der Waals surface area contributed by atoms with Crippen molar-refractivity contribution < 1.29 is 14.5 Å². The predicted molar refractivity (Wildman–Crippen MR) is 114 cm³/mol. The molecule has 2 aromatic rings. The van der Waals surface area contributed by atoms with Crippen molar-refractivity contribution in [3.63, 3.8) is 0 Å². The van der Waals surface area contributed by atoms with E-state index in [0.717, 1.165) is 22.2 Å². The fourth-order valence-electron chi connectivity index (χ4n) is 2.66. The van der Waals surface area contributed by atoms with Crippen molar-refractivity contribution in [3.05, 3.63) is 91.7 Å². The Bertz CT molecular complexity index is 959. The van der Waals surface area contributed by atoms with Gasteiger partial charge in [0.1, 0.15) is 0 Å². The SMILES string of the molecule is O=C(C=Cc1ccccc1[N+](=O)[O-])C(C(=O)c1ccccc1)=C1SCCCS1. The summed E-state index contributed by atoms with van der Waals surface area (Å²) in [7, 11) is 0. The molecule has 28 heavy (non-hydrogen) atoms. The quantitative estimate of drug-likeness (QED) is 0.164. The second-order valence-electron chi connectivity index (χ2n) is 5.92. The van der Waals surface area contributed by atoms with Gasteiger partial charge in [-0.15, -0.1) is 23.5 Å². The van der Waals surface area contributed by atoms with Gasteiger partial charge in [0.05, 0.1) is 20.3 Å². The molecular formula is C21H17NO4S2. The van der Waals surface area contributed by atoms with Crippen molar-refractivity contribution >= 4 is 46.9 Å². The molecular weight excluding hydrogens is 394 g/mol. The number of rotatable bonds is 6. The van der Waals surface area contributed by atoms with Crippen LogP contribution in [0.3, 0.4) is 0 Å². The number of Topliss-reactive ketones (excluding diaryl/α,β-unsaturated/α-hetero) is 1. The Kier molecular flexibility index (Phi) is 6.84. The molecule has 1 heterocycles. The Labute approximate surface area is 171 Å². The van der Waals surface area contributed by atoms with Crippen LogP contribution in [0.5, 0.6) is 0 Å². The predicted octanol–water partition coefficient (Wildman–Crippen LogP) is 5.14. The van der Waals surface area contributed by atoms with E-state index < -0.39 is 10.7 Å². The zero-order valence-corrected chi connectivity index (χ0v) is 16.5. The number of allylic oxidation sites excluding steroid dienone is 2. The van der Waals surface area contributed by atoms with Gasteiger partial charge < -0.3 is 0 Å². The lowest BCUT2D eigenvalue weighted by atomic mass is 10.0. The molecule has 5 nitrogen and oxygen atoms in total. The number of ketones is 2. The summed E-state index contributed by atoms with van der Waals surface area (Å²) in [6.45, 7) is 0. The van der Waals surface area contributed by atoms with Crippen LogP contribution in [0.1, 0.15) is 22.3 Å². The van der Waals surface area contributed by atoms with Crippen molar-refractivity contribution in [1.29, 1.82) is 0 Å². The van der Waals surface area contributed by atoms with Crippen LogP contribution in [0, 0.1) is 10.1 Å². The maximum absolute atomic E-state index is 13.0. The number of thioether (sulfide) groups is 2. The molecule has 0 aromatic heterocycles. The zero-order chi connectivity index (χ0) is 19.9. The first kappa shape index (κ1) is 20.1. The molecule has 3 rings (SSSR count). The van der Waals surface area contributed by atoms with E-state index in [4.69, 9.17) is 0 Å². The Morgan fingerprint density at radius 2 is 1.61 bits per heavy atom. The lowest BCUT2D eigenvalue weighted by Gasteiger charge is -2.16. The van der Waals surface area contributed by atoms with Gasteiger partial charge in [0, 0.05) is 11.6 Å². The highest BCUT2D eigenvalue weighted by atomic mass is 32.2. The molecule has 0 spiro atoms. The number of benzene rings is 2. The molecule has 2 aromatic carbocycles. The van der Waals surface area contributed by atoms with E-state index in [1.807, 2.05) is 6.07 Å². The summed E-state index contributed by atoms with van der Waals surface area (Å²) in [5, 5.41) is 11.2. The van der Waals surface area contributed by atoms with E-state index in [9.17, 15) is 19.7 Å². The van der Waals surface area contributed by atoms with Crippen molar-refractivity contribution in [2.24, 2.45) is 0 Å². The van der Waals surface area contributed by atoms with E-state index in [2.05, 4.69) is 0 Å². The first-order valence-corrected chi connectivity index (χ1v) is 10.6. The number of carbonyl (C=O) groups excluding carboxylic acids is 2. The van der Waals surface area contributed by atoms with Gasteiger partial charge in [0.25, 0.3) is 5.69 Å². The lowest BCUT2D eigenvalue weighted by Crippen LogP contribution is -2.14. The molecule has 0 bridgehead atoms. The number of carbonyl (C=O) groups is 2. The molecule has 7 heteroatoms. The highest BCUT2D eigenvalue weighted by molar-refractivity contribution is 8.22. The number of hydrogen-bond donors (Lipinski definition) is 0. The average Bonchev–Trinajstić information content (AvgIpc) is 2.74. The van der Waals surface area contributed by atoms with Gasteiger partial charge in [0.15, 0.2) is 11.6 Å². The minimum Gasteiger partial charge on any atom is -0.289 e. The molecule has 1 aliphatic heterocycles. The first-order valence-electron chi connectivity index (χ1n) is 8.63. The standard InChI is InChI=1S/C21H17NO4S2/c23-18(12-11-15-7-4-5-10-17(15)22(25)26)19(21-27-13-6-14-28-21)20(24)16-8-2-1-3-9-16/h1-5,7-12H,6,13-14H2. The van der Waals surface area contributed by atoms with Gasteiger partial charge >= 0.3 is 0 Å². The van der Waals surface area contributed by atoms with Crippen LogP contribution in [0.25, 0.3) is 6.08 Å². The van der Waals surface area contributed by atoms with Crippen molar-refractivity contribution in [3.8, 4) is 0 Å². The summed E-state index contributed by atoms with van der Waals surface area (Å²) in [6, 6.07) is 14.9. The normalized spacial score (nSPS) is 14.1. The second-order valence-corrected chi connectivity index (χ2v) is 8.39. The van der Waals surface area contributed by atoms with E-state index >= 15 is 0 Å². The molecule has 1 aliphatic rings. The van der Waals surface area contributed by atoms with Crippen LogP contribution in [-0.4, -0.2) is 28.0 Å². The van der Waals surface area contributed by atoms with Crippen LogP contribution in [0.15, 0.2) is 70.5 Å². The summed E-state index contributed by atoms with van der Waals surface area (Å²) >= 11 is 3.02. The first-order chi connectivity index (χ1) is 13.6. The smallest absolute Gasteiger partial charge is 0.276 e. The molecule has 0 unspecified atom stereocenters. The van der Waals surface area contributed by atoms with E-state index in [-0.39, 0.29) is 17.0 Å². The third-order valence-electron chi connectivity index (χ3n) is 4.02. The number of nitro benzene ring substituents is 1. The van der Waals surface area contributed by atoms with Crippen LogP contribution >= 0.6 is 23.5 Å². The number of nitro groups is 1. The van der Waals surface area contributed by atoms with Crippen molar-refractivity contribution in [2.75, 3.05) is 11.5 Å². The Morgan fingerprint density at radius 1 is 0.964 bits per heavy atom. The third-order valence-corrected chi connectivity index (χ3v) is 6.64. The van der Waals surface area contributed by atoms with E-state index in [1.54, 1.807) is 42.5 Å². The largest absolute Gasteiger partial charge is 0.289 e. The zero-order valence-electron chi connectivity index (χ0n) is 14.9. The summed E-state index contributed by atoms with van der Waals surface area (Å²) in [5.74, 6) is 0.947. The molecule has 1 fully saturated rings. The van der Waals surface area contributed by atoms with Crippen LogP contribution < -0.4 is 0 Å². The molecule has 0 radical (unpaired) electrons. The highest BCUT2D eigenvalue weighted by Gasteiger charge is 2.25. The van der Waals surface area contributed by atoms with Gasteiger partial charge in [-0.05, 0) is 36.1 Å². The number of para-hydroxylation sites is 1. The molecule has 0 atom stereocenters. The third kappa shape index (κ3) is 4.79. The fourth-order valence-corrected chi connectivity index (χ4v) is 5.30. The van der Waals surface area contributed by atoms with Crippen molar-refractivity contribution in [1.82, 2.24) is 0 Å². The fraction of sp³-hybridized carbons (Fsp3) is 0.143. The van der Waals surface area contributed by atoms with Gasteiger partial charge in [-0.2, -0.15) is 0 Å². The van der Waals surface area contributed by atoms with Crippen LogP contribution in [0.2, 0.25) is 0 Å². The van der Waals surface area contributed by atoms with E-state index in [0.29, 0.717) is 11.1 Å². The lowest BCUT2D eigenvalue weighted by molar-refractivity contribution is -0.385. The molecule has 142 valence electrons. The molecule has 0 aliphatic carbocycles. The Hall–Kier alpha value is -2.64. The number of hydrogen-bond acceptors (Lipinski definition) is 6. The Balaban J connectivity index is 1.96. The summed E-state index contributed by atoms with van der Waals surface area (Å²) in [5.41, 5.74) is 0.817. The van der Waals surface area contributed by atoms with Crippen LogP contribution in [-0.2, 0) is 4.79 Å². The van der Waals surface area contributed by atoms with E-state index in [1.165, 1.54) is 41.7 Å². The van der Waals surface area contributed by atoms with Crippen LogP contribution in [0.4, 0.5) is 5.69 Å². The average molecular weight is 412 g/mol. The molecule has 1 saturated heterocycles. The highest BCUT2D eigenvalue weighted by Crippen LogP contribution is 2.38. The minimum absolute atomic E-state index is 0.0865. The molecule has 0 saturated carbocycles. The Morgan fingerprint density at radius 3 is 2.29 bits per heavy atom. The van der Waals surface area contributed by atoms with Gasteiger partial charge in [-0.1, -0.05) is 42.5 Å². The topological polar surface area (TPSA) is 77.3 Å². The molecule has 0 amide bonds. The van der Waals surface area contributed by atoms with Gasteiger partial charge in [-0.3, -0.25) is 19.7 Å². The summed E-state index contributed by atoms with van der Waals surface area (Å²) in [4.78, 5) is 36.6.